The summed E-state index contributed by atoms with van der Waals surface area (Å²) in [5.41, 5.74) is 3.08. The molecule has 4 aromatic rings. The fourth-order valence-electron chi connectivity index (χ4n) is 3.44. The lowest BCUT2D eigenvalue weighted by molar-refractivity contribution is -0.121. The second kappa shape index (κ2) is 8.73. The standard InChI is InChI=1S/C23H24N4O2/c1-17-26-19-10-5-6-11-20(19)27(17)15-14-24-22(28)12-7-13-23-25-16-21(29-23)18-8-3-2-4-9-18/h2-6,8-11,16H,7,12-15H2,1H3,(H,24,28). The van der Waals surface area contributed by atoms with Crippen molar-refractivity contribution < 1.29 is 9.21 Å². The smallest absolute Gasteiger partial charge is 0.220 e. The van der Waals surface area contributed by atoms with Gasteiger partial charge in [0, 0.05) is 31.5 Å². The number of rotatable bonds is 8. The number of aryl methyl sites for hydroxylation is 2. The van der Waals surface area contributed by atoms with E-state index in [0.29, 0.717) is 38.2 Å². The maximum absolute atomic E-state index is 12.1. The number of aromatic nitrogens is 3. The van der Waals surface area contributed by atoms with Crippen molar-refractivity contribution in [2.75, 3.05) is 6.54 Å². The Morgan fingerprint density at radius 3 is 2.76 bits per heavy atom. The topological polar surface area (TPSA) is 73.0 Å². The third-order valence-corrected chi connectivity index (χ3v) is 4.91. The minimum Gasteiger partial charge on any atom is -0.441 e. The summed E-state index contributed by atoms with van der Waals surface area (Å²) < 4.78 is 7.92. The molecule has 0 unspecified atom stereocenters. The number of benzene rings is 2. The summed E-state index contributed by atoms with van der Waals surface area (Å²) in [5.74, 6) is 2.42. The Kier molecular flexibility index (Phi) is 5.70. The van der Waals surface area contributed by atoms with Crippen molar-refractivity contribution in [1.29, 1.82) is 0 Å². The SMILES string of the molecule is Cc1nc2ccccc2n1CCNC(=O)CCCc1ncc(-c2ccccc2)o1. The highest BCUT2D eigenvalue weighted by atomic mass is 16.4. The van der Waals surface area contributed by atoms with Crippen molar-refractivity contribution in [2.24, 2.45) is 0 Å². The fourth-order valence-corrected chi connectivity index (χ4v) is 3.44. The molecule has 0 saturated heterocycles. The molecular formula is C23H24N4O2. The first-order valence-corrected chi connectivity index (χ1v) is 9.89. The Hall–Kier alpha value is -3.41. The Balaban J connectivity index is 1.22. The van der Waals surface area contributed by atoms with Gasteiger partial charge in [0.2, 0.25) is 5.91 Å². The van der Waals surface area contributed by atoms with Gasteiger partial charge in [0.15, 0.2) is 11.7 Å². The van der Waals surface area contributed by atoms with Crippen LogP contribution in [0.3, 0.4) is 0 Å². The van der Waals surface area contributed by atoms with Crippen LogP contribution in [0.25, 0.3) is 22.4 Å². The number of imidazole rings is 1. The number of carbonyl (C=O) groups excluding carboxylic acids is 1. The van der Waals surface area contributed by atoms with E-state index in [1.165, 1.54) is 0 Å². The van der Waals surface area contributed by atoms with Crippen LogP contribution in [0, 0.1) is 6.92 Å². The zero-order valence-corrected chi connectivity index (χ0v) is 16.5. The molecule has 1 N–H and O–H groups in total. The first-order valence-electron chi connectivity index (χ1n) is 9.89. The van der Waals surface area contributed by atoms with E-state index in [1.54, 1.807) is 6.20 Å². The van der Waals surface area contributed by atoms with Crippen LogP contribution >= 0.6 is 0 Å². The number of fused-ring (bicyclic) bond motifs is 1. The van der Waals surface area contributed by atoms with E-state index in [9.17, 15) is 4.79 Å². The molecule has 2 aromatic carbocycles. The second-order valence-corrected chi connectivity index (χ2v) is 6.99. The van der Waals surface area contributed by atoms with Gasteiger partial charge in [0.25, 0.3) is 0 Å². The highest BCUT2D eigenvalue weighted by molar-refractivity contribution is 5.76. The number of amides is 1. The van der Waals surface area contributed by atoms with E-state index < -0.39 is 0 Å². The highest BCUT2D eigenvalue weighted by Crippen LogP contribution is 2.20. The zero-order valence-electron chi connectivity index (χ0n) is 16.5. The third kappa shape index (κ3) is 4.54. The van der Waals surface area contributed by atoms with Crippen molar-refractivity contribution >= 4 is 16.9 Å². The molecule has 148 valence electrons. The van der Waals surface area contributed by atoms with Crippen LogP contribution in [0.5, 0.6) is 0 Å². The molecule has 4 rings (SSSR count). The van der Waals surface area contributed by atoms with Gasteiger partial charge in [-0.15, -0.1) is 0 Å². The molecule has 0 aliphatic heterocycles. The van der Waals surface area contributed by atoms with E-state index in [4.69, 9.17) is 4.42 Å². The molecule has 1 amide bonds. The zero-order chi connectivity index (χ0) is 20.1. The molecule has 2 heterocycles. The van der Waals surface area contributed by atoms with E-state index in [-0.39, 0.29) is 5.91 Å². The van der Waals surface area contributed by atoms with Crippen LogP contribution in [0.15, 0.2) is 65.2 Å². The molecule has 0 aliphatic rings. The van der Waals surface area contributed by atoms with Gasteiger partial charge in [0.1, 0.15) is 5.82 Å². The molecule has 0 spiro atoms. The van der Waals surface area contributed by atoms with Crippen LogP contribution in [0.4, 0.5) is 0 Å². The van der Waals surface area contributed by atoms with E-state index in [0.717, 1.165) is 28.2 Å². The lowest BCUT2D eigenvalue weighted by atomic mass is 10.2. The van der Waals surface area contributed by atoms with E-state index in [2.05, 4.69) is 25.9 Å². The number of hydrogen-bond donors (Lipinski definition) is 1. The molecule has 0 atom stereocenters. The van der Waals surface area contributed by atoms with Crippen LogP contribution in [-0.2, 0) is 17.8 Å². The van der Waals surface area contributed by atoms with E-state index >= 15 is 0 Å². The fraction of sp³-hybridized carbons (Fsp3) is 0.261. The third-order valence-electron chi connectivity index (χ3n) is 4.91. The number of carbonyl (C=O) groups is 1. The van der Waals surface area contributed by atoms with Crippen molar-refractivity contribution in [3.05, 3.63) is 72.5 Å². The van der Waals surface area contributed by atoms with Crippen LogP contribution < -0.4 is 5.32 Å². The van der Waals surface area contributed by atoms with Gasteiger partial charge in [-0.2, -0.15) is 0 Å². The number of nitrogens with zero attached hydrogens (tertiary/aromatic N) is 3. The normalized spacial score (nSPS) is 11.1. The minimum atomic E-state index is 0.0434. The average molecular weight is 388 g/mol. The minimum absolute atomic E-state index is 0.0434. The van der Waals surface area contributed by atoms with Crippen molar-refractivity contribution in [3.63, 3.8) is 0 Å². The van der Waals surface area contributed by atoms with Gasteiger partial charge >= 0.3 is 0 Å². The molecule has 0 fully saturated rings. The first kappa shape index (κ1) is 18.9. The Morgan fingerprint density at radius 1 is 1.10 bits per heavy atom. The predicted octanol–water partition coefficient (Wildman–Crippen LogP) is 4.14. The monoisotopic (exact) mass is 388 g/mol. The molecule has 0 aliphatic carbocycles. The average Bonchev–Trinajstić information content (AvgIpc) is 3.33. The molecule has 2 aromatic heterocycles. The van der Waals surface area contributed by atoms with Gasteiger partial charge in [-0.3, -0.25) is 4.79 Å². The van der Waals surface area contributed by atoms with Gasteiger partial charge in [-0.1, -0.05) is 42.5 Å². The number of hydrogen-bond acceptors (Lipinski definition) is 4. The number of nitrogens with one attached hydrogen (secondary N) is 1. The quantitative estimate of drug-likeness (QED) is 0.492. The van der Waals surface area contributed by atoms with Gasteiger partial charge in [-0.05, 0) is 25.5 Å². The first-order chi connectivity index (χ1) is 14.2. The summed E-state index contributed by atoms with van der Waals surface area (Å²) in [4.78, 5) is 21.0. The summed E-state index contributed by atoms with van der Waals surface area (Å²) in [6.45, 7) is 3.28. The Labute approximate surface area is 169 Å². The highest BCUT2D eigenvalue weighted by Gasteiger charge is 2.09. The van der Waals surface area contributed by atoms with Gasteiger partial charge in [0.05, 0.1) is 17.2 Å². The van der Waals surface area contributed by atoms with Crippen molar-refractivity contribution in [1.82, 2.24) is 19.9 Å². The molecule has 6 heteroatoms. The van der Waals surface area contributed by atoms with Gasteiger partial charge < -0.3 is 14.3 Å². The van der Waals surface area contributed by atoms with Crippen LogP contribution in [0.2, 0.25) is 0 Å². The Bertz CT molecular complexity index is 1100. The van der Waals surface area contributed by atoms with E-state index in [1.807, 2.05) is 55.5 Å². The summed E-state index contributed by atoms with van der Waals surface area (Å²) in [5, 5.41) is 2.99. The summed E-state index contributed by atoms with van der Waals surface area (Å²) in [6.07, 6.45) is 3.54. The number of para-hydroxylation sites is 2. The second-order valence-electron chi connectivity index (χ2n) is 6.99. The van der Waals surface area contributed by atoms with Crippen molar-refractivity contribution in [2.45, 2.75) is 32.7 Å². The summed E-state index contributed by atoms with van der Waals surface area (Å²) >= 11 is 0. The molecule has 0 bridgehead atoms. The summed E-state index contributed by atoms with van der Waals surface area (Å²) in [6, 6.07) is 17.9. The molecule has 0 radical (unpaired) electrons. The maximum atomic E-state index is 12.1. The molecule has 6 nitrogen and oxygen atoms in total. The summed E-state index contributed by atoms with van der Waals surface area (Å²) in [7, 11) is 0. The molecule has 29 heavy (non-hydrogen) atoms. The van der Waals surface area contributed by atoms with Crippen molar-refractivity contribution in [3.8, 4) is 11.3 Å². The Morgan fingerprint density at radius 2 is 1.90 bits per heavy atom. The van der Waals surface area contributed by atoms with Gasteiger partial charge in [-0.25, -0.2) is 9.97 Å². The van der Waals surface area contributed by atoms with Crippen LogP contribution in [0.1, 0.15) is 24.6 Å². The largest absolute Gasteiger partial charge is 0.441 e. The van der Waals surface area contributed by atoms with Crippen LogP contribution in [-0.4, -0.2) is 27.0 Å². The lowest BCUT2D eigenvalue weighted by Gasteiger charge is -2.08. The molecule has 0 saturated carbocycles. The maximum Gasteiger partial charge on any atom is 0.220 e. The lowest BCUT2D eigenvalue weighted by Crippen LogP contribution is -2.27. The molecular weight excluding hydrogens is 364 g/mol. The predicted molar refractivity (Wildman–Crippen MR) is 112 cm³/mol. The number of oxazole rings is 1.